The minimum Gasteiger partial charge on any atom is -0.354 e. The number of nitrogens with one attached hydrogen (secondary N) is 1. The number of hydrogen-bond donors (Lipinski definition) is 1. The largest absolute Gasteiger partial charge is 0.354 e. The summed E-state index contributed by atoms with van der Waals surface area (Å²) in [4.78, 5) is 27.8. The molecule has 0 heterocycles. The quantitative estimate of drug-likeness (QED) is 0.354. The maximum absolute atomic E-state index is 13.3. The molecule has 1 N–H and O–H groups in total. The molecule has 2 aromatic rings. The predicted molar refractivity (Wildman–Crippen MR) is 136 cm³/mol. The molecule has 0 saturated carbocycles. The van der Waals surface area contributed by atoms with Gasteiger partial charge in [-0.15, -0.1) is 11.8 Å². The number of hydrogen-bond acceptors (Lipinski definition) is 3. The maximum atomic E-state index is 13.3. The second kappa shape index (κ2) is 13.8. The molecule has 0 spiro atoms. The van der Waals surface area contributed by atoms with Crippen molar-refractivity contribution in [2.75, 3.05) is 12.3 Å². The third-order valence-corrected chi connectivity index (χ3v) is 6.88. The fraction of sp³-hybridized carbons (Fsp3) is 0.440. The first-order valence-electron chi connectivity index (χ1n) is 11.0. The minimum absolute atomic E-state index is 0.101. The molecule has 174 valence electrons. The first-order chi connectivity index (χ1) is 15.4. The highest BCUT2D eigenvalue weighted by molar-refractivity contribution is 7.99. The highest BCUT2D eigenvalue weighted by Crippen LogP contribution is 2.27. The van der Waals surface area contributed by atoms with Gasteiger partial charge >= 0.3 is 0 Å². The van der Waals surface area contributed by atoms with Crippen LogP contribution in [0.25, 0.3) is 0 Å². The average molecular weight is 496 g/mol. The molecule has 2 aromatic carbocycles. The predicted octanol–water partition coefficient (Wildman–Crippen LogP) is 6.26. The minimum atomic E-state index is -0.578. The summed E-state index contributed by atoms with van der Waals surface area (Å²) >= 11 is 14.3. The lowest BCUT2D eigenvalue weighted by atomic mass is 10.1. The number of unbranched alkanes of at least 4 members (excludes halogenated alkanes) is 1. The van der Waals surface area contributed by atoms with Gasteiger partial charge in [0.05, 0.1) is 5.75 Å². The van der Waals surface area contributed by atoms with Crippen molar-refractivity contribution in [3.05, 3.63) is 69.2 Å². The molecule has 7 heteroatoms. The van der Waals surface area contributed by atoms with Gasteiger partial charge in [-0.3, -0.25) is 9.59 Å². The topological polar surface area (TPSA) is 49.4 Å². The molecule has 2 rings (SSSR count). The van der Waals surface area contributed by atoms with E-state index in [4.69, 9.17) is 23.2 Å². The van der Waals surface area contributed by atoms with Gasteiger partial charge in [-0.2, -0.15) is 0 Å². The van der Waals surface area contributed by atoms with Gasteiger partial charge in [-0.05, 0) is 37.5 Å². The third-order valence-electron chi connectivity index (χ3n) is 5.18. The Morgan fingerprint density at radius 2 is 1.78 bits per heavy atom. The van der Waals surface area contributed by atoms with Gasteiger partial charge in [-0.1, -0.05) is 79.4 Å². The molecule has 2 amide bonds. The standard InChI is InChI=1S/C25H32Cl2N2O2S/c1-4-6-13-28-25(31)23(5-2)29(15-20-21(26)11-8-12-22(20)27)24(30)17-32-16-19-10-7-9-18(3)14-19/h7-12,14,23H,4-6,13,15-17H2,1-3H3,(H,28,31)/t23-/m1/s1. The smallest absolute Gasteiger partial charge is 0.242 e. The maximum Gasteiger partial charge on any atom is 0.242 e. The van der Waals surface area contributed by atoms with Gasteiger partial charge in [0, 0.05) is 34.5 Å². The van der Waals surface area contributed by atoms with E-state index in [9.17, 15) is 9.59 Å². The Morgan fingerprint density at radius 1 is 1.09 bits per heavy atom. The molecular weight excluding hydrogens is 463 g/mol. The van der Waals surface area contributed by atoms with Crippen LogP contribution in [0.5, 0.6) is 0 Å². The van der Waals surface area contributed by atoms with Crippen LogP contribution in [-0.4, -0.2) is 35.1 Å². The number of carbonyl (C=O) groups excluding carboxylic acids is 2. The number of thioether (sulfide) groups is 1. The Labute approximate surface area is 206 Å². The fourth-order valence-electron chi connectivity index (χ4n) is 3.42. The zero-order valence-corrected chi connectivity index (χ0v) is 21.3. The van der Waals surface area contributed by atoms with Crippen LogP contribution in [0.4, 0.5) is 0 Å². The van der Waals surface area contributed by atoms with Crippen molar-refractivity contribution in [1.29, 1.82) is 0 Å². The molecule has 32 heavy (non-hydrogen) atoms. The molecular formula is C25H32Cl2N2O2S. The summed E-state index contributed by atoms with van der Waals surface area (Å²) in [6, 6.07) is 12.9. The van der Waals surface area contributed by atoms with E-state index in [1.165, 1.54) is 11.1 Å². The number of halogens is 2. The first kappa shape index (κ1) is 26.6. The number of rotatable bonds is 12. The molecule has 1 atom stereocenters. The van der Waals surface area contributed by atoms with E-state index >= 15 is 0 Å². The number of carbonyl (C=O) groups is 2. The highest BCUT2D eigenvalue weighted by atomic mass is 35.5. The summed E-state index contributed by atoms with van der Waals surface area (Å²) in [5, 5.41) is 3.95. The molecule has 0 saturated heterocycles. The SMILES string of the molecule is CCCCNC(=O)[C@@H](CC)N(Cc1c(Cl)cccc1Cl)C(=O)CSCc1cccc(C)c1. The van der Waals surface area contributed by atoms with Crippen molar-refractivity contribution in [1.82, 2.24) is 10.2 Å². The molecule has 0 aromatic heterocycles. The van der Waals surface area contributed by atoms with Crippen molar-refractivity contribution in [3.8, 4) is 0 Å². The molecule has 0 aliphatic rings. The van der Waals surface area contributed by atoms with Crippen LogP contribution in [-0.2, 0) is 21.9 Å². The third kappa shape index (κ3) is 8.02. The van der Waals surface area contributed by atoms with E-state index in [1.807, 2.05) is 13.0 Å². The highest BCUT2D eigenvalue weighted by Gasteiger charge is 2.29. The Bertz CT molecular complexity index is 887. The lowest BCUT2D eigenvalue weighted by molar-refractivity contribution is -0.139. The van der Waals surface area contributed by atoms with Crippen molar-refractivity contribution >= 4 is 46.8 Å². The van der Waals surface area contributed by atoms with Gasteiger partial charge in [0.15, 0.2) is 0 Å². The van der Waals surface area contributed by atoms with Crippen LogP contribution in [0.15, 0.2) is 42.5 Å². The average Bonchev–Trinajstić information content (AvgIpc) is 2.75. The number of aryl methyl sites for hydroxylation is 1. The van der Waals surface area contributed by atoms with Gasteiger partial charge in [0.2, 0.25) is 11.8 Å². The Hall–Kier alpha value is -1.69. The number of benzene rings is 2. The zero-order chi connectivity index (χ0) is 23.5. The number of amides is 2. The fourth-order valence-corrected chi connectivity index (χ4v) is 4.80. The van der Waals surface area contributed by atoms with Crippen LogP contribution in [0.1, 0.15) is 49.8 Å². The van der Waals surface area contributed by atoms with Crippen LogP contribution in [0, 0.1) is 6.92 Å². The van der Waals surface area contributed by atoms with E-state index < -0.39 is 6.04 Å². The monoisotopic (exact) mass is 494 g/mol. The van der Waals surface area contributed by atoms with Crippen molar-refractivity contribution in [2.24, 2.45) is 0 Å². The first-order valence-corrected chi connectivity index (χ1v) is 12.9. The summed E-state index contributed by atoms with van der Waals surface area (Å²) in [7, 11) is 0. The van der Waals surface area contributed by atoms with E-state index in [-0.39, 0.29) is 24.1 Å². The Balaban J connectivity index is 2.17. The molecule has 0 aliphatic heterocycles. The van der Waals surface area contributed by atoms with E-state index in [0.717, 1.165) is 18.6 Å². The van der Waals surface area contributed by atoms with E-state index in [2.05, 4.69) is 37.4 Å². The second-order valence-corrected chi connectivity index (χ2v) is 9.57. The Morgan fingerprint density at radius 3 is 2.41 bits per heavy atom. The number of nitrogens with zero attached hydrogens (tertiary/aromatic N) is 1. The van der Waals surface area contributed by atoms with Crippen LogP contribution in [0.3, 0.4) is 0 Å². The van der Waals surface area contributed by atoms with Crippen LogP contribution < -0.4 is 5.32 Å². The molecule has 0 bridgehead atoms. The lowest BCUT2D eigenvalue weighted by Gasteiger charge is -2.31. The van der Waals surface area contributed by atoms with Crippen LogP contribution >= 0.6 is 35.0 Å². The van der Waals surface area contributed by atoms with Gasteiger partial charge in [-0.25, -0.2) is 0 Å². The van der Waals surface area contributed by atoms with Gasteiger partial charge in [0.1, 0.15) is 6.04 Å². The molecule has 0 unspecified atom stereocenters. The molecule has 0 aliphatic carbocycles. The van der Waals surface area contributed by atoms with Crippen molar-refractivity contribution < 1.29 is 9.59 Å². The molecule has 0 radical (unpaired) electrons. The normalized spacial score (nSPS) is 11.8. The summed E-state index contributed by atoms with van der Waals surface area (Å²) in [6.07, 6.45) is 2.40. The van der Waals surface area contributed by atoms with Crippen molar-refractivity contribution in [2.45, 2.75) is 58.4 Å². The van der Waals surface area contributed by atoms with Crippen molar-refractivity contribution in [3.63, 3.8) is 0 Å². The molecule has 4 nitrogen and oxygen atoms in total. The summed E-state index contributed by atoms with van der Waals surface area (Å²) < 4.78 is 0. The van der Waals surface area contributed by atoms with E-state index in [0.29, 0.717) is 28.6 Å². The zero-order valence-electron chi connectivity index (χ0n) is 19.0. The van der Waals surface area contributed by atoms with E-state index in [1.54, 1.807) is 34.9 Å². The summed E-state index contributed by atoms with van der Waals surface area (Å²) in [5.41, 5.74) is 3.03. The molecule has 0 fully saturated rings. The lowest BCUT2D eigenvalue weighted by Crippen LogP contribution is -2.49. The van der Waals surface area contributed by atoms with Crippen LogP contribution in [0.2, 0.25) is 10.0 Å². The second-order valence-electron chi connectivity index (χ2n) is 7.77. The van der Waals surface area contributed by atoms with Gasteiger partial charge < -0.3 is 10.2 Å². The summed E-state index contributed by atoms with van der Waals surface area (Å²) in [6.45, 7) is 6.84. The Kier molecular flexibility index (Phi) is 11.4. The van der Waals surface area contributed by atoms with Gasteiger partial charge in [0.25, 0.3) is 0 Å². The summed E-state index contributed by atoms with van der Waals surface area (Å²) in [5.74, 6) is 0.764.